The van der Waals surface area contributed by atoms with E-state index >= 15 is 0 Å². The molecule has 0 saturated carbocycles. The molecular weight excluding hydrogens is 325 g/mol. The Morgan fingerprint density at radius 2 is 1.76 bits per heavy atom. The second kappa shape index (κ2) is 8.06. The Morgan fingerprint density at radius 1 is 1.18 bits per heavy atom. The molecular formula is C14H22INO. The van der Waals surface area contributed by atoms with Crippen LogP contribution in [0.3, 0.4) is 0 Å². The molecule has 0 heterocycles. The van der Waals surface area contributed by atoms with Gasteiger partial charge in [-0.25, -0.2) is 0 Å². The van der Waals surface area contributed by atoms with Crippen molar-refractivity contribution in [3.63, 3.8) is 0 Å². The number of hydrogen-bond acceptors (Lipinski definition) is 2. The van der Waals surface area contributed by atoms with E-state index in [0.717, 1.165) is 25.9 Å². The van der Waals surface area contributed by atoms with Gasteiger partial charge in [0.15, 0.2) is 0 Å². The van der Waals surface area contributed by atoms with E-state index in [2.05, 4.69) is 65.6 Å². The second-order valence-corrected chi connectivity index (χ2v) is 5.54. The first-order valence-corrected chi connectivity index (χ1v) is 7.38. The topological polar surface area (TPSA) is 23.5 Å². The highest BCUT2D eigenvalue weighted by Gasteiger charge is 2.14. The molecule has 0 aliphatic heterocycles. The van der Waals surface area contributed by atoms with Crippen LogP contribution in [0.15, 0.2) is 24.3 Å². The van der Waals surface area contributed by atoms with Crippen molar-refractivity contribution in [1.29, 1.82) is 0 Å². The number of aliphatic hydroxyl groups is 1. The Labute approximate surface area is 118 Å². The average Bonchev–Trinajstić information content (AvgIpc) is 2.34. The van der Waals surface area contributed by atoms with Crippen molar-refractivity contribution in [3.05, 3.63) is 33.4 Å². The summed E-state index contributed by atoms with van der Waals surface area (Å²) in [5.74, 6) is 0. The van der Waals surface area contributed by atoms with E-state index < -0.39 is 0 Å². The van der Waals surface area contributed by atoms with E-state index in [-0.39, 0.29) is 6.61 Å². The van der Waals surface area contributed by atoms with E-state index in [1.54, 1.807) is 0 Å². The van der Waals surface area contributed by atoms with Crippen molar-refractivity contribution in [2.45, 2.75) is 39.3 Å². The summed E-state index contributed by atoms with van der Waals surface area (Å²) in [5.41, 5.74) is 1.32. The minimum absolute atomic E-state index is 0.237. The van der Waals surface area contributed by atoms with Crippen molar-refractivity contribution in [2.24, 2.45) is 0 Å². The fourth-order valence-corrected chi connectivity index (χ4v) is 2.51. The third kappa shape index (κ3) is 4.94. The Hall–Kier alpha value is -0.130. The molecule has 0 amide bonds. The molecule has 96 valence electrons. The lowest BCUT2D eigenvalue weighted by atomic mass is 10.1. The molecule has 0 bridgehead atoms. The van der Waals surface area contributed by atoms with Crippen molar-refractivity contribution >= 4 is 22.6 Å². The molecule has 1 N–H and O–H groups in total. The molecule has 0 atom stereocenters. The average molecular weight is 347 g/mol. The third-order valence-corrected chi connectivity index (χ3v) is 3.86. The van der Waals surface area contributed by atoms with Gasteiger partial charge in [-0.05, 0) is 53.1 Å². The lowest BCUT2D eigenvalue weighted by Gasteiger charge is -2.29. The first kappa shape index (κ1) is 14.9. The molecule has 1 aromatic carbocycles. The van der Waals surface area contributed by atoms with Gasteiger partial charge in [0.25, 0.3) is 0 Å². The molecule has 3 heteroatoms. The lowest BCUT2D eigenvalue weighted by Crippen LogP contribution is -2.36. The molecule has 0 fully saturated rings. The van der Waals surface area contributed by atoms with Gasteiger partial charge < -0.3 is 5.11 Å². The zero-order valence-corrected chi connectivity index (χ0v) is 12.9. The lowest BCUT2D eigenvalue weighted by molar-refractivity contribution is 0.136. The van der Waals surface area contributed by atoms with Gasteiger partial charge in [-0.15, -0.1) is 0 Å². The van der Waals surface area contributed by atoms with Crippen LogP contribution in [0.5, 0.6) is 0 Å². The molecule has 0 radical (unpaired) electrons. The number of rotatable bonds is 7. The molecule has 0 spiro atoms. The van der Waals surface area contributed by atoms with Crippen LogP contribution in [0.25, 0.3) is 0 Å². The summed E-state index contributed by atoms with van der Waals surface area (Å²) < 4.78 is 1.27. The zero-order chi connectivity index (χ0) is 12.7. The fourth-order valence-electron chi connectivity index (χ4n) is 2.15. The first-order valence-electron chi connectivity index (χ1n) is 6.30. The Morgan fingerprint density at radius 3 is 2.24 bits per heavy atom. The summed E-state index contributed by atoms with van der Waals surface area (Å²) >= 11 is 2.32. The van der Waals surface area contributed by atoms with Crippen LogP contribution in [0, 0.1) is 3.57 Å². The Bertz CT molecular complexity index is 309. The van der Waals surface area contributed by atoms with Gasteiger partial charge in [-0.1, -0.05) is 26.0 Å². The molecule has 17 heavy (non-hydrogen) atoms. The minimum atomic E-state index is 0.237. The zero-order valence-electron chi connectivity index (χ0n) is 10.7. The highest BCUT2D eigenvalue weighted by molar-refractivity contribution is 14.1. The highest BCUT2D eigenvalue weighted by Crippen LogP contribution is 2.14. The van der Waals surface area contributed by atoms with Crippen molar-refractivity contribution in [2.75, 3.05) is 13.2 Å². The van der Waals surface area contributed by atoms with Crippen LogP contribution in [0.4, 0.5) is 0 Å². The molecule has 0 saturated heterocycles. The number of benzene rings is 1. The first-order chi connectivity index (χ1) is 8.21. The van der Waals surface area contributed by atoms with Gasteiger partial charge in [0.2, 0.25) is 0 Å². The molecule has 1 aromatic rings. The summed E-state index contributed by atoms with van der Waals surface area (Å²) in [6.07, 6.45) is 2.28. The van der Waals surface area contributed by atoms with Crippen molar-refractivity contribution < 1.29 is 5.11 Å². The van der Waals surface area contributed by atoms with E-state index in [1.807, 2.05) is 0 Å². The monoisotopic (exact) mass is 347 g/mol. The van der Waals surface area contributed by atoms with Crippen LogP contribution in [-0.4, -0.2) is 29.2 Å². The van der Waals surface area contributed by atoms with E-state index in [1.165, 1.54) is 9.13 Å². The van der Waals surface area contributed by atoms with Crippen molar-refractivity contribution in [1.82, 2.24) is 4.90 Å². The summed E-state index contributed by atoms with van der Waals surface area (Å²) in [6, 6.07) is 9.20. The summed E-state index contributed by atoms with van der Waals surface area (Å²) in [5, 5.41) is 9.16. The molecule has 1 rings (SSSR count). The maximum absolute atomic E-state index is 9.16. The number of nitrogens with zero attached hydrogens (tertiary/aromatic N) is 1. The van der Waals surface area contributed by atoms with E-state index in [9.17, 15) is 0 Å². The summed E-state index contributed by atoms with van der Waals surface area (Å²) in [7, 11) is 0. The standard InChI is InChI=1S/C14H22INO/c1-3-14(4-2)16(9-10-17)11-12-5-7-13(15)8-6-12/h5-8,14,17H,3-4,9-11H2,1-2H3. The molecule has 0 aromatic heterocycles. The maximum Gasteiger partial charge on any atom is 0.0558 e. The smallest absolute Gasteiger partial charge is 0.0558 e. The Kier molecular flexibility index (Phi) is 7.08. The molecule has 0 aliphatic carbocycles. The van der Waals surface area contributed by atoms with Crippen LogP contribution in [0.2, 0.25) is 0 Å². The quantitative estimate of drug-likeness (QED) is 0.766. The maximum atomic E-state index is 9.16. The van der Waals surface area contributed by atoms with Crippen LogP contribution < -0.4 is 0 Å². The summed E-state index contributed by atoms with van der Waals surface area (Å²) in [4.78, 5) is 2.38. The second-order valence-electron chi connectivity index (χ2n) is 4.29. The number of hydrogen-bond donors (Lipinski definition) is 1. The number of halogens is 1. The number of aliphatic hydroxyl groups excluding tert-OH is 1. The summed E-state index contributed by atoms with van der Waals surface area (Å²) in [6.45, 7) is 6.36. The third-order valence-electron chi connectivity index (χ3n) is 3.15. The van der Waals surface area contributed by atoms with Crippen molar-refractivity contribution in [3.8, 4) is 0 Å². The predicted octanol–water partition coefficient (Wildman–Crippen LogP) is 3.27. The molecule has 2 nitrogen and oxygen atoms in total. The van der Waals surface area contributed by atoms with Gasteiger partial charge in [-0.2, -0.15) is 0 Å². The van der Waals surface area contributed by atoms with Crippen LogP contribution in [-0.2, 0) is 6.54 Å². The van der Waals surface area contributed by atoms with Gasteiger partial charge >= 0.3 is 0 Å². The normalized spacial score (nSPS) is 11.4. The largest absolute Gasteiger partial charge is 0.395 e. The van der Waals surface area contributed by atoms with E-state index in [0.29, 0.717) is 6.04 Å². The minimum Gasteiger partial charge on any atom is -0.395 e. The van der Waals surface area contributed by atoms with Gasteiger partial charge in [-0.3, -0.25) is 4.90 Å². The predicted molar refractivity (Wildman–Crippen MR) is 81.0 cm³/mol. The Balaban J connectivity index is 2.68. The van der Waals surface area contributed by atoms with Gasteiger partial charge in [0.1, 0.15) is 0 Å². The van der Waals surface area contributed by atoms with Gasteiger partial charge in [0, 0.05) is 22.7 Å². The fraction of sp³-hybridized carbons (Fsp3) is 0.571. The molecule has 0 unspecified atom stereocenters. The van der Waals surface area contributed by atoms with Gasteiger partial charge in [0.05, 0.1) is 6.61 Å². The molecule has 0 aliphatic rings. The van der Waals surface area contributed by atoms with Crippen LogP contribution in [0.1, 0.15) is 32.3 Å². The van der Waals surface area contributed by atoms with E-state index in [4.69, 9.17) is 5.11 Å². The SMILES string of the molecule is CCC(CC)N(CCO)Cc1ccc(I)cc1. The van der Waals surface area contributed by atoms with Crippen LogP contribution >= 0.6 is 22.6 Å². The highest BCUT2D eigenvalue weighted by atomic mass is 127.